The Kier molecular flexibility index (Phi) is 3.94. The number of thioether (sulfide) groups is 1. The number of carboxylic acids is 1. The third kappa shape index (κ3) is 2.52. The van der Waals surface area contributed by atoms with Gasteiger partial charge in [-0.1, -0.05) is 6.07 Å². The van der Waals surface area contributed by atoms with Gasteiger partial charge in [-0.3, -0.25) is 4.79 Å². The molecule has 1 N–H and O–H groups in total. The van der Waals surface area contributed by atoms with Crippen LogP contribution < -0.4 is 9.47 Å². The predicted molar refractivity (Wildman–Crippen MR) is 74.5 cm³/mol. The highest BCUT2D eigenvalue weighted by Crippen LogP contribution is 2.56. The smallest absolute Gasteiger partial charge is 0.304 e. The maximum absolute atomic E-state index is 11.0. The van der Waals surface area contributed by atoms with E-state index in [4.69, 9.17) is 14.6 Å². The fourth-order valence-electron chi connectivity index (χ4n) is 2.50. The normalized spacial score (nSPS) is 15.9. The van der Waals surface area contributed by atoms with Crippen molar-refractivity contribution >= 4 is 17.7 Å². The molecule has 1 aliphatic rings. The van der Waals surface area contributed by atoms with Gasteiger partial charge < -0.3 is 14.6 Å². The number of benzene rings is 1. The Balaban J connectivity index is 2.49. The molecule has 1 fully saturated rings. The first-order valence-corrected chi connectivity index (χ1v) is 7.31. The molecule has 19 heavy (non-hydrogen) atoms. The van der Waals surface area contributed by atoms with E-state index >= 15 is 0 Å². The highest BCUT2D eigenvalue weighted by atomic mass is 32.2. The molecular formula is C14H18O4S. The van der Waals surface area contributed by atoms with E-state index in [0.717, 1.165) is 23.3 Å². The maximum atomic E-state index is 11.0. The number of aliphatic carboxylic acids is 1. The molecule has 5 heteroatoms. The lowest BCUT2D eigenvalue weighted by Crippen LogP contribution is -2.14. The molecule has 1 saturated carbocycles. The Bertz CT molecular complexity index is 494. The SMILES string of the molecule is COc1ccc(C2(CC(=O)O)CC2)c(SC)c1OC. The van der Waals surface area contributed by atoms with Gasteiger partial charge in [0, 0.05) is 5.41 Å². The highest BCUT2D eigenvalue weighted by molar-refractivity contribution is 7.98. The van der Waals surface area contributed by atoms with Gasteiger partial charge in [0.05, 0.1) is 25.5 Å². The zero-order valence-electron chi connectivity index (χ0n) is 11.4. The number of hydrogen-bond donors (Lipinski definition) is 1. The molecule has 0 atom stereocenters. The summed E-state index contributed by atoms with van der Waals surface area (Å²) in [5.41, 5.74) is 0.851. The molecule has 0 saturated heterocycles. The lowest BCUT2D eigenvalue weighted by molar-refractivity contribution is -0.137. The van der Waals surface area contributed by atoms with E-state index in [-0.39, 0.29) is 11.8 Å². The summed E-state index contributed by atoms with van der Waals surface area (Å²) in [5, 5.41) is 9.08. The molecule has 1 aromatic rings. The van der Waals surface area contributed by atoms with E-state index in [1.54, 1.807) is 26.0 Å². The van der Waals surface area contributed by atoms with Crippen LogP contribution in [-0.4, -0.2) is 31.6 Å². The molecule has 0 amide bonds. The quantitative estimate of drug-likeness (QED) is 0.813. The van der Waals surface area contributed by atoms with Crippen molar-refractivity contribution in [2.45, 2.75) is 29.6 Å². The minimum Gasteiger partial charge on any atom is -0.493 e. The number of ether oxygens (including phenoxy) is 2. The van der Waals surface area contributed by atoms with Crippen LogP contribution in [0, 0.1) is 0 Å². The maximum Gasteiger partial charge on any atom is 0.304 e. The lowest BCUT2D eigenvalue weighted by Gasteiger charge is -2.20. The fourth-order valence-corrected chi connectivity index (χ4v) is 3.37. The summed E-state index contributed by atoms with van der Waals surface area (Å²) < 4.78 is 10.7. The van der Waals surface area contributed by atoms with Gasteiger partial charge in [-0.25, -0.2) is 0 Å². The number of carbonyl (C=O) groups is 1. The van der Waals surface area contributed by atoms with E-state index in [0.29, 0.717) is 11.5 Å². The summed E-state index contributed by atoms with van der Waals surface area (Å²) in [5.74, 6) is 0.630. The third-order valence-corrected chi connectivity index (χ3v) is 4.43. The molecule has 2 rings (SSSR count). The van der Waals surface area contributed by atoms with Crippen molar-refractivity contribution in [3.05, 3.63) is 17.7 Å². The van der Waals surface area contributed by atoms with E-state index < -0.39 is 5.97 Å². The molecule has 104 valence electrons. The van der Waals surface area contributed by atoms with Crippen molar-refractivity contribution in [1.82, 2.24) is 0 Å². The number of hydrogen-bond acceptors (Lipinski definition) is 4. The summed E-state index contributed by atoms with van der Waals surface area (Å²) >= 11 is 1.57. The van der Waals surface area contributed by atoms with Gasteiger partial charge in [0.15, 0.2) is 11.5 Å². The molecule has 0 aliphatic heterocycles. The second kappa shape index (κ2) is 5.33. The van der Waals surface area contributed by atoms with Gasteiger partial charge >= 0.3 is 5.97 Å². The van der Waals surface area contributed by atoms with Crippen molar-refractivity contribution in [2.24, 2.45) is 0 Å². The Labute approximate surface area is 117 Å². The van der Waals surface area contributed by atoms with Gasteiger partial charge in [-0.2, -0.15) is 0 Å². The topological polar surface area (TPSA) is 55.8 Å². The first-order valence-electron chi connectivity index (χ1n) is 6.09. The largest absolute Gasteiger partial charge is 0.493 e. The van der Waals surface area contributed by atoms with Gasteiger partial charge in [0.25, 0.3) is 0 Å². The van der Waals surface area contributed by atoms with Crippen molar-refractivity contribution in [3.63, 3.8) is 0 Å². The van der Waals surface area contributed by atoms with E-state index in [9.17, 15) is 4.79 Å². The van der Waals surface area contributed by atoms with Crippen LogP contribution in [0.4, 0.5) is 0 Å². The van der Waals surface area contributed by atoms with Crippen LogP contribution in [0.2, 0.25) is 0 Å². The summed E-state index contributed by atoms with van der Waals surface area (Å²) in [7, 11) is 3.21. The summed E-state index contributed by atoms with van der Waals surface area (Å²) in [6.07, 6.45) is 3.98. The molecule has 0 radical (unpaired) electrons. The minimum absolute atomic E-state index is 0.177. The molecule has 0 aromatic heterocycles. The standard InChI is InChI=1S/C14H18O4S/c1-17-10-5-4-9(13(19-3)12(10)18-2)14(6-7-14)8-11(15)16/h4-5H,6-8H2,1-3H3,(H,15,16). The van der Waals surface area contributed by atoms with Crippen LogP contribution in [0.25, 0.3) is 0 Å². The first kappa shape index (κ1) is 14.1. The average Bonchev–Trinajstić information content (AvgIpc) is 3.16. The monoisotopic (exact) mass is 282 g/mol. The van der Waals surface area contributed by atoms with Gasteiger partial charge in [0.1, 0.15) is 0 Å². The zero-order chi connectivity index (χ0) is 14.0. The van der Waals surface area contributed by atoms with Crippen molar-refractivity contribution < 1.29 is 19.4 Å². The summed E-state index contributed by atoms with van der Waals surface area (Å²) in [6.45, 7) is 0. The molecular weight excluding hydrogens is 264 g/mol. The fraction of sp³-hybridized carbons (Fsp3) is 0.500. The van der Waals surface area contributed by atoms with Crippen LogP contribution in [0.1, 0.15) is 24.8 Å². The lowest BCUT2D eigenvalue weighted by atomic mass is 9.92. The van der Waals surface area contributed by atoms with E-state index in [1.165, 1.54) is 0 Å². The van der Waals surface area contributed by atoms with Crippen LogP contribution >= 0.6 is 11.8 Å². The molecule has 0 heterocycles. The Morgan fingerprint density at radius 2 is 2.05 bits per heavy atom. The second-order valence-electron chi connectivity index (χ2n) is 4.73. The molecule has 0 unspecified atom stereocenters. The van der Waals surface area contributed by atoms with Crippen molar-refractivity contribution in [2.75, 3.05) is 20.5 Å². The van der Waals surface area contributed by atoms with Crippen LogP contribution in [-0.2, 0) is 10.2 Å². The van der Waals surface area contributed by atoms with Crippen LogP contribution in [0.5, 0.6) is 11.5 Å². The van der Waals surface area contributed by atoms with Gasteiger partial charge in [0.2, 0.25) is 0 Å². The first-order chi connectivity index (χ1) is 9.07. The Hall–Kier alpha value is -1.36. The molecule has 1 aliphatic carbocycles. The molecule has 0 spiro atoms. The minimum atomic E-state index is -0.751. The van der Waals surface area contributed by atoms with Crippen LogP contribution in [0.3, 0.4) is 0 Å². The summed E-state index contributed by atoms with van der Waals surface area (Å²) in [6, 6.07) is 3.83. The number of methoxy groups -OCH3 is 2. The molecule has 1 aromatic carbocycles. The van der Waals surface area contributed by atoms with Crippen molar-refractivity contribution in [3.8, 4) is 11.5 Å². The van der Waals surface area contributed by atoms with E-state index in [1.807, 2.05) is 18.4 Å². The second-order valence-corrected chi connectivity index (χ2v) is 5.55. The van der Waals surface area contributed by atoms with Gasteiger partial charge in [-0.15, -0.1) is 11.8 Å². The third-order valence-electron chi connectivity index (χ3n) is 3.62. The van der Waals surface area contributed by atoms with Gasteiger partial charge in [-0.05, 0) is 30.7 Å². The summed E-state index contributed by atoms with van der Waals surface area (Å²) in [4.78, 5) is 12.0. The zero-order valence-corrected chi connectivity index (χ0v) is 12.2. The number of carboxylic acid groups (broad SMARTS) is 1. The number of rotatable bonds is 6. The Morgan fingerprint density at radius 1 is 1.37 bits per heavy atom. The predicted octanol–water partition coefficient (Wildman–Crippen LogP) is 2.93. The van der Waals surface area contributed by atoms with Crippen LogP contribution in [0.15, 0.2) is 17.0 Å². The van der Waals surface area contributed by atoms with E-state index in [2.05, 4.69) is 0 Å². The average molecular weight is 282 g/mol. The molecule has 0 bridgehead atoms. The van der Waals surface area contributed by atoms with Crippen molar-refractivity contribution in [1.29, 1.82) is 0 Å². The Morgan fingerprint density at radius 3 is 2.47 bits per heavy atom. The highest BCUT2D eigenvalue weighted by Gasteiger charge is 2.47. The molecule has 4 nitrogen and oxygen atoms in total.